The molecule has 0 fully saturated rings. The average Bonchev–Trinajstić information content (AvgIpc) is 2.16. The fourth-order valence-electron chi connectivity index (χ4n) is 1.18. The molecule has 0 saturated heterocycles. The zero-order valence-electron chi connectivity index (χ0n) is 8.06. The summed E-state index contributed by atoms with van der Waals surface area (Å²) in [4.78, 5) is 1.10. The number of rotatable bonds is 3. The number of methoxy groups -OCH3 is 1. The van der Waals surface area contributed by atoms with E-state index in [1.165, 1.54) is 5.56 Å². The number of benzene rings is 1. The van der Waals surface area contributed by atoms with Crippen LogP contribution in [0.15, 0.2) is 17.0 Å². The second kappa shape index (κ2) is 4.77. The SMILES string of the molecule is CCc1cc(Cl)c(OC)c(SC)c1. The topological polar surface area (TPSA) is 9.23 Å². The molecule has 0 bridgehead atoms. The molecule has 0 amide bonds. The molecule has 0 heterocycles. The molecular weight excluding hydrogens is 204 g/mol. The first kappa shape index (κ1) is 10.7. The van der Waals surface area contributed by atoms with Gasteiger partial charge in [-0.05, 0) is 30.4 Å². The molecule has 0 aromatic heterocycles. The predicted molar refractivity (Wildman–Crippen MR) is 59.2 cm³/mol. The number of thioether (sulfide) groups is 1. The van der Waals surface area contributed by atoms with Crippen LogP contribution in [-0.4, -0.2) is 13.4 Å². The van der Waals surface area contributed by atoms with E-state index in [-0.39, 0.29) is 0 Å². The van der Waals surface area contributed by atoms with E-state index in [4.69, 9.17) is 16.3 Å². The van der Waals surface area contributed by atoms with Crippen molar-refractivity contribution in [2.75, 3.05) is 13.4 Å². The molecule has 0 aliphatic carbocycles. The highest BCUT2D eigenvalue weighted by molar-refractivity contribution is 7.98. The summed E-state index contributed by atoms with van der Waals surface area (Å²) in [6.07, 6.45) is 3.02. The van der Waals surface area contributed by atoms with Gasteiger partial charge in [0.1, 0.15) is 0 Å². The van der Waals surface area contributed by atoms with E-state index in [2.05, 4.69) is 13.0 Å². The lowest BCUT2D eigenvalue weighted by Gasteiger charge is -2.09. The van der Waals surface area contributed by atoms with E-state index in [0.717, 1.165) is 17.1 Å². The molecule has 0 aliphatic rings. The molecule has 0 aliphatic heterocycles. The average molecular weight is 217 g/mol. The summed E-state index contributed by atoms with van der Waals surface area (Å²) >= 11 is 7.71. The quantitative estimate of drug-likeness (QED) is 0.714. The lowest BCUT2D eigenvalue weighted by Crippen LogP contribution is -1.90. The molecule has 0 saturated carbocycles. The summed E-state index contributed by atoms with van der Waals surface area (Å²) in [7, 11) is 1.65. The molecule has 1 aromatic carbocycles. The lowest BCUT2D eigenvalue weighted by atomic mass is 10.2. The minimum atomic E-state index is 0.700. The molecule has 13 heavy (non-hydrogen) atoms. The van der Waals surface area contributed by atoms with Crippen LogP contribution < -0.4 is 4.74 Å². The first-order valence-corrected chi connectivity index (χ1v) is 5.73. The largest absolute Gasteiger partial charge is 0.494 e. The molecule has 1 nitrogen and oxygen atoms in total. The number of ether oxygens (including phenoxy) is 1. The van der Waals surface area contributed by atoms with Gasteiger partial charge < -0.3 is 4.74 Å². The predicted octanol–water partition coefficient (Wildman–Crippen LogP) is 3.63. The fourth-order valence-corrected chi connectivity index (χ4v) is 2.20. The van der Waals surface area contributed by atoms with Crippen molar-refractivity contribution in [1.29, 1.82) is 0 Å². The number of hydrogen-bond acceptors (Lipinski definition) is 2. The maximum atomic E-state index is 6.05. The smallest absolute Gasteiger partial charge is 0.150 e. The summed E-state index contributed by atoms with van der Waals surface area (Å²) in [5.74, 6) is 0.784. The van der Waals surface area contributed by atoms with Gasteiger partial charge in [-0.2, -0.15) is 0 Å². The van der Waals surface area contributed by atoms with E-state index in [9.17, 15) is 0 Å². The maximum absolute atomic E-state index is 6.05. The summed E-state index contributed by atoms with van der Waals surface area (Å²) in [5.41, 5.74) is 1.25. The highest BCUT2D eigenvalue weighted by Gasteiger charge is 2.08. The van der Waals surface area contributed by atoms with Gasteiger partial charge >= 0.3 is 0 Å². The van der Waals surface area contributed by atoms with Crippen LogP contribution in [0, 0.1) is 0 Å². The minimum Gasteiger partial charge on any atom is -0.494 e. The van der Waals surface area contributed by atoms with Gasteiger partial charge in [0.25, 0.3) is 0 Å². The van der Waals surface area contributed by atoms with E-state index in [1.54, 1.807) is 18.9 Å². The van der Waals surface area contributed by atoms with Crippen LogP contribution in [0.2, 0.25) is 5.02 Å². The van der Waals surface area contributed by atoms with Crippen LogP contribution in [0.1, 0.15) is 12.5 Å². The Labute approximate surface area is 88.4 Å². The van der Waals surface area contributed by atoms with Crippen molar-refractivity contribution >= 4 is 23.4 Å². The van der Waals surface area contributed by atoms with Crippen LogP contribution in [-0.2, 0) is 6.42 Å². The Balaban J connectivity index is 3.20. The lowest BCUT2D eigenvalue weighted by molar-refractivity contribution is 0.405. The second-order valence-corrected chi connectivity index (χ2v) is 3.92. The van der Waals surface area contributed by atoms with Crippen LogP contribution in [0.25, 0.3) is 0 Å². The molecular formula is C10H13ClOS. The molecule has 1 rings (SSSR count). The summed E-state index contributed by atoms with van der Waals surface area (Å²) in [5, 5.41) is 0.700. The highest BCUT2D eigenvalue weighted by Crippen LogP contribution is 2.35. The highest BCUT2D eigenvalue weighted by atomic mass is 35.5. The summed E-state index contributed by atoms with van der Waals surface area (Å²) in [6.45, 7) is 2.11. The van der Waals surface area contributed by atoms with Crippen molar-refractivity contribution in [1.82, 2.24) is 0 Å². The van der Waals surface area contributed by atoms with Gasteiger partial charge in [0.2, 0.25) is 0 Å². The van der Waals surface area contributed by atoms with Crippen LogP contribution in [0.4, 0.5) is 0 Å². The van der Waals surface area contributed by atoms with Crippen molar-refractivity contribution in [2.24, 2.45) is 0 Å². The van der Waals surface area contributed by atoms with Crippen LogP contribution >= 0.6 is 23.4 Å². The molecule has 0 unspecified atom stereocenters. The standard InChI is InChI=1S/C10H13ClOS/c1-4-7-5-8(11)10(12-2)9(6-7)13-3/h5-6H,4H2,1-3H3. The number of halogens is 1. The van der Waals surface area contributed by atoms with Crippen molar-refractivity contribution in [3.8, 4) is 5.75 Å². The van der Waals surface area contributed by atoms with E-state index in [0.29, 0.717) is 5.02 Å². The Kier molecular flexibility index (Phi) is 3.94. The molecule has 0 N–H and O–H groups in total. The van der Waals surface area contributed by atoms with Crippen molar-refractivity contribution in [2.45, 2.75) is 18.2 Å². The first-order valence-electron chi connectivity index (χ1n) is 4.13. The molecule has 3 heteroatoms. The Morgan fingerprint density at radius 1 is 1.46 bits per heavy atom. The van der Waals surface area contributed by atoms with Gasteiger partial charge in [-0.15, -0.1) is 11.8 Å². The normalized spacial score (nSPS) is 10.2. The van der Waals surface area contributed by atoms with Crippen LogP contribution in [0.3, 0.4) is 0 Å². The molecule has 1 aromatic rings. The van der Waals surface area contributed by atoms with Crippen molar-refractivity contribution in [3.63, 3.8) is 0 Å². The Morgan fingerprint density at radius 2 is 2.15 bits per heavy atom. The fraction of sp³-hybridized carbons (Fsp3) is 0.400. The molecule has 72 valence electrons. The van der Waals surface area contributed by atoms with Crippen molar-refractivity contribution in [3.05, 3.63) is 22.7 Å². The zero-order valence-corrected chi connectivity index (χ0v) is 9.63. The maximum Gasteiger partial charge on any atom is 0.150 e. The summed E-state index contributed by atoms with van der Waals surface area (Å²) < 4.78 is 5.21. The molecule has 0 radical (unpaired) electrons. The Bertz CT molecular complexity index is 299. The summed E-state index contributed by atoms with van der Waals surface area (Å²) in [6, 6.07) is 4.08. The second-order valence-electron chi connectivity index (χ2n) is 2.67. The van der Waals surface area contributed by atoms with Gasteiger partial charge in [-0.25, -0.2) is 0 Å². The van der Waals surface area contributed by atoms with Crippen LogP contribution in [0.5, 0.6) is 5.75 Å². The van der Waals surface area contributed by atoms with E-state index in [1.807, 2.05) is 12.3 Å². The first-order chi connectivity index (χ1) is 6.22. The third kappa shape index (κ3) is 2.32. The van der Waals surface area contributed by atoms with E-state index >= 15 is 0 Å². The van der Waals surface area contributed by atoms with Gasteiger partial charge in [0.15, 0.2) is 5.75 Å². The Hall–Kier alpha value is -0.340. The third-order valence-corrected chi connectivity index (χ3v) is 2.93. The number of hydrogen-bond donors (Lipinski definition) is 0. The minimum absolute atomic E-state index is 0.700. The Morgan fingerprint density at radius 3 is 2.62 bits per heavy atom. The van der Waals surface area contributed by atoms with Gasteiger partial charge in [-0.1, -0.05) is 18.5 Å². The third-order valence-electron chi connectivity index (χ3n) is 1.90. The van der Waals surface area contributed by atoms with Crippen molar-refractivity contribution < 1.29 is 4.74 Å². The van der Waals surface area contributed by atoms with Gasteiger partial charge in [-0.3, -0.25) is 0 Å². The van der Waals surface area contributed by atoms with E-state index < -0.39 is 0 Å². The molecule has 0 spiro atoms. The van der Waals surface area contributed by atoms with Gasteiger partial charge in [0, 0.05) is 0 Å². The molecule has 0 atom stereocenters. The van der Waals surface area contributed by atoms with Gasteiger partial charge in [0.05, 0.1) is 17.0 Å². The monoisotopic (exact) mass is 216 g/mol. The number of aryl methyl sites for hydroxylation is 1. The zero-order chi connectivity index (χ0) is 9.84.